The summed E-state index contributed by atoms with van der Waals surface area (Å²) < 4.78 is 2.42. The number of rotatable bonds is 4. The van der Waals surface area contributed by atoms with E-state index in [9.17, 15) is 0 Å². The van der Waals surface area contributed by atoms with E-state index in [4.69, 9.17) is 0 Å². The highest BCUT2D eigenvalue weighted by Gasteiger charge is 2.38. The Bertz CT molecular complexity index is 3010. The fraction of sp³-hybridized carbons (Fsp3) is 0.111. The Kier molecular flexibility index (Phi) is 6.72. The molecule has 0 unspecified atom stereocenters. The number of para-hydroxylation sites is 1. The second-order valence-electron chi connectivity index (χ2n) is 16.5. The summed E-state index contributed by atoms with van der Waals surface area (Å²) >= 11 is 0. The summed E-state index contributed by atoms with van der Waals surface area (Å²) in [6, 6.07) is 65.6. The van der Waals surface area contributed by atoms with Gasteiger partial charge in [-0.1, -0.05) is 161 Å². The molecule has 9 aromatic rings. The topological polar surface area (TPSA) is 4.93 Å². The number of hydrogen-bond acceptors (Lipinski definition) is 0. The van der Waals surface area contributed by atoms with E-state index in [1.165, 1.54) is 105 Å². The number of nitrogens with zero attached hydrogens (tertiary/aromatic N) is 1. The van der Waals surface area contributed by atoms with E-state index in [2.05, 4.69) is 208 Å². The predicted octanol–water partition coefficient (Wildman–Crippen LogP) is 14.4. The van der Waals surface area contributed by atoms with E-state index < -0.39 is 0 Å². The first kappa shape index (κ1) is 32.0. The van der Waals surface area contributed by atoms with Crippen LogP contribution in [0.4, 0.5) is 0 Å². The third-order valence-electron chi connectivity index (χ3n) is 12.8. The van der Waals surface area contributed by atoms with Crippen LogP contribution in [0.15, 0.2) is 176 Å². The highest BCUT2D eigenvalue weighted by molar-refractivity contribution is 6.11. The lowest BCUT2D eigenvalue weighted by Gasteiger charge is -2.24. The van der Waals surface area contributed by atoms with Gasteiger partial charge in [-0.25, -0.2) is 0 Å². The van der Waals surface area contributed by atoms with Crippen molar-refractivity contribution in [3.63, 3.8) is 0 Å². The van der Waals surface area contributed by atoms with Gasteiger partial charge in [-0.15, -0.1) is 0 Å². The van der Waals surface area contributed by atoms with Crippen LogP contribution in [0.3, 0.4) is 0 Å². The lowest BCUT2D eigenvalue weighted by molar-refractivity contribution is 0.660. The molecule has 8 aromatic carbocycles. The zero-order chi connectivity index (χ0) is 37.1. The lowest BCUT2D eigenvalue weighted by atomic mass is 9.78. The highest BCUT2D eigenvalue weighted by Crippen LogP contribution is 2.54. The van der Waals surface area contributed by atoms with E-state index in [0.717, 1.165) is 0 Å². The van der Waals surface area contributed by atoms with E-state index in [-0.39, 0.29) is 10.8 Å². The molecule has 0 N–H and O–H groups in total. The molecule has 1 nitrogen and oxygen atoms in total. The monoisotopic (exact) mass is 703 g/mol. The lowest BCUT2D eigenvalue weighted by Crippen LogP contribution is -2.16. The smallest absolute Gasteiger partial charge is 0.0541 e. The van der Waals surface area contributed by atoms with Crippen LogP contribution in [0.25, 0.3) is 83.1 Å². The van der Waals surface area contributed by atoms with Gasteiger partial charge in [-0.3, -0.25) is 0 Å². The van der Waals surface area contributed by atoms with E-state index in [1.807, 2.05) is 0 Å². The first-order valence-corrected chi connectivity index (χ1v) is 19.5. The van der Waals surface area contributed by atoms with Crippen LogP contribution in [-0.2, 0) is 10.8 Å². The third-order valence-corrected chi connectivity index (χ3v) is 12.8. The van der Waals surface area contributed by atoms with Gasteiger partial charge in [0.25, 0.3) is 0 Å². The zero-order valence-corrected chi connectivity index (χ0v) is 31.7. The summed E-state index contributed by atoms with van der Waals surface area (Å²) in [6.45, 7) is 9.51. The molecular weight excluding hydrogens is 663 g/mol. The Balaban J connectivity index is 1.02. The average molecular weight is 704 g/mol. The normalized spacial score (nSPS) is 14.5. The van der Waals surface area contributed by atoms with Gasteiger partial charge in [0.05, 0.1) is 11.0 Å². The molecule has 0 bridgehead atoms. The second kappa shape index (κ2) is 11.5. The SMILES string of the molecule is CC1(C)c2ccccc2-c2cc(-c3ccc4c(c3)-c3cccc(-c5ccc6c(c5)c5ccccc5n6-c5ccc(-c6ccccc6)cc5)c3C4(C)C)ccc21. The van der Waals surface area contributed by atoms with Crippen LogP contribution in [0.5, 0.6) is 0 Å². The summed E-state index contributed by atoms with van der Waals surface area (Å²) in [5.41, 5.74) is 22.1. The molecule has 0 atom stereocenters. The summed E-state index contributed by atoms with van der Waals surface area (Å²) in [5.74, 6) is 0. The van der Waals surface area contributed by atoms with Crippen molar-refractivity contribution < 1.29 is 0 Å². The van der Waals surface area contributed by atoms with Crippen molar-refractivity contribution in [2.45, 2.75) is 38.5 Å². The molecule has 1 heterocycles. The van der Waals surface area contributed by atoms with Gasteiger partial charge >= 0.3 is 0 Å². The van der Waals surface area contributed by atoms with Gasteiger partial charge in [0.1, 0.15) is 0 Å². The molecule has 0 saturated carbocycles. The average Bonchev–Trinajstić information content (AvgIpc) is 3.77. The summed E-state index contributed by atoms with van der Waals surface area (Å²) in [7, 11) is 0. The quantitative estimate of drug-likeness (QED) is 0.172. The summed E-state index contributed by atoms with van der Waals surface area (Å²) in [5, 5.41) is 2.54. The van der Waals surface area contributed by atoms with Crippen LogP contribution in [-0.4, -0.2) is 4.57 Å². The van der Waals surface area contributed by atoms with Crippen LogP contribution in [0, 0.1) is 0 Å². The van der Waals surface area contributed by atoms with Crippen LogP contribution < -0.4 is 0 Å². The maximum Gasteiger partial charge on any atom is 0.0541 e. The van der Waals surface area contributed by atoms with Crippen LogP contribution in [0.2, 0.25) is 0 Å². The molecule has 2 aliphatic carbocycles. The minimum atomic E-state index is -0.149. The molecule has 0 amide bonds. The molecule has 55 heavy (non-hydrogen) atoms. The summed E-state index contributed by atoms with van der Waals surface area (Å²) in [4.78, 5) is 0. The molecule has 262 valence electrons. The number of fused-ring (bicyclic) bond motifs is 9. The molecule has 1 heteroatoms. The Hall–Kier alpha value is -6.44. The molecule has 0 fully saturated rings. The van der Waals surface area contributed by atoms with E-state index >= 15 is 0 Å². The molecule has 1 aromatic heterocycles. The van der Waals surface area contributed by atoms with Gasteiger partial charge < -0.3 is 4.57 Å². The van der Waals surface area contributed by atoms with Crippen molar-refractivity contribution in [2.24, 2.45) is 0 Å². The first-order valence-electron chi connectivity index (χ1n) is 19.5. The molecule has 2 aliphatic rings. The van der Waals surface area contributed by atoms with Crippen LogP contribution >= 0.6 is 0 Å². The van der Waals surface area contributed by atoms with Crippen molar-refractivity contribution in [1.29, 1.82) is 0 Å². The van der Waals surface area contributed by atoms with Gasteiger partial charge in [0.15, 0.2) is 0 Å². The van der Waals surface area contributed by atoms with Crippen molar-refractivity contribution in [3.8, 4) is 61.3 Å². The molecular formula is C54H41N. The number of benzene rings is 8. The maximum atomic E-state index is 2.44. The third kappa shape index (κ3) is 4.60. The van der Waals surface area contributed by atoms with E-state index in [0.29, 0.717) is 0 Å². The molecule has 0 aliphatic heterocycles. The van der Waals surface area contributed by atoms with Gasteiger partial charge in [0.2, 0.25) is 0 Å². The Labute approximate surface area is 323 Å². The predicted molar refractivity (Wildman–Crippen MR) is 232 cm³/mol. The second-order valence-corrected chi connectivity index (χ2v) is 16.5. The molecule has 0 spiro atoms. The Morgan fingerprint density at radius 3 is 1.65 bits per heavy atom. The van der Waals surface area contributed by atoms with Crippen molar-refractivity contribution in [1.82, 2.24) is 4.57 Å². The van der Waals surface area contributed by atoms with Gasteiger partial charge in [-0.2, -0.15) is 0 Å². The first-order chi connectivity index (χ1) is 26.8. The van der Waals surface area contributed by atoms with Gasteiger partial charge in [0, 0.05) is 27.3 Å². The highest BCUT2D eigenvalue weighted by atomic mass is 15.0. The van der Waals surface area contributed by atoms with Crippen molar-refractivity contribution in [2.75, 3.05) is 0 Å². The Morgan fingerprint density at radius 2 is 0.873 bits per heavy atom. The molecule has 0 saturated heterocycles. The van der Waals surface area contributed by atoms with E-state index in [1.54, 1.807) is 0 Å². The van der Waals surface area contributed by atoms with Gasteiger partial charge in [-0.05, 0) is 120 Å². The fourth-order valence-electron chi connectivity index (χ4n) is 10.1. The minimum absolute atomic E-state index is 0.00776. The number of aromatic nitrogens is 1. The summed E-state index contributed by atoms with van der Waals surface area (Å²) in [6.07, 6.45) is 0. The number of hydrogen-bond donors (Lipinski definition) is 0. The van der Waals surface area contributed by atoms with Crippen molar-refractivity contribution >= 4 is 21.8 Å². The van der Waals surface area contributed by atoms with Crippen LogP contribution in [0.1, 0.15) is 49.9 Å². The van der Waals surface area contributed by atoms with Crippen molar-refractivity contribution in [3.05, 3.63) is 198 Å². The molecule has 0 radical (unpaired) electrons. The maximum absolute atomic E-state index is 2.44. The zero-order valence-electron chi connectivity index (χ0n) is 31.7. The minimum Gasteiger partial charge on any atom is -0.309 e. The largest absolute Gasteiger partial charge is 0.309 e. The molecule has 11 rings (SSSR count). The Morgan fingerprint density at radius 1 is 0.327 bits per heavy atom. The standard InChI is InChI=1S/C54H41N/c1-53(2)47-19-10-8-15-41(47)44-31-36(23-28-48(44)53)37-24-29-49-45(32-37)43-18-12-17-40(52(43)54(49,3)4)38-25-30-51-46(33-38)42-16-9-11-20-50(42)55(51)39-26-21-35(22-27-39)34-13-6-5-7-14-34/h5-33H,1-4H3. The fourth-order valence-corrected chi connectivity index (χ4v) is 10.1.